The average molecular weight is 487 g/mol. The molecule has 8 N–H and O–H groups in total. The van der Waals surface area contributed by atoms with E-state index in [0.717, 1.165) is 39.4 Å². The number of hydrogen-bond acceptors (Lipinski definition) is 4. The lowest BCUT2D eigenvalue weighted by molar-refractivity contribution is 0.579. The number of hydrogen-bond donors (Lipinski definition) is 4. The highest BCUT2D eigenvalue weighted by atomic mass is 19.1. The molecule has 0 spiro atoms. The summed E-state index contributed by atoms with van der Waals surface area (Å²) >= 11 is 0. The summed E-state index contributed by atoms with van der Waals surface area (Å²) in [5.41, 5.74) is 28.6. The van der Waals surface area contributed by atoms with Crippen molar-refractivity contribution in [3.05, 3.63) is 105 Å². The summed E-state index contributed by atoms with van der Waals surface area (Å²) < 4.78 is 29.0. The molecule has 4 nitrogen and oxygen atoms in total. The van der Waals surface area contributed by atoms with Crippen molar-refractivity contribution in [2.45, 2.75) is 25.7 Å². The van der Waals surface area contributed by atoms with E-state index in [-0.39, 0.29) is 11.1 Å². The third-order valence-electron chi connectivity index (χ3n) is 5.58. The van der Waals surface area contributed by atoms with E-state index in [0.29, 0.717) is 51.9 Å². The van der Waals surface area contributed by atoms with Gasteiger partial charge in [0.15, 0.2) is 0 Å². The zero-order valence-electron chi connectivity index (χ0n) is 20.3. The smallest absolute Gasteiger partial charge is 0.141 e. The van der Waals surface area contributed by atoms with Crippen LogP contribution in [0.1, 0.15) is 44.5 Å². The fourth-order valence-electron chi connectivity index (χ4n) is 3.93. The first-order valence-electron chi connectivity index (χ1n) is 12.0. The van der Waals surface area contributed by atoms with Crippen LogP contribution in [0, 0.1) is 35.3 Å². The second-order valence-electron chi connectivity index (χ2n) is 8.54. The molecule has 3 rings (SSSR count). The predicted molar refractivity (Wildman–Crippen MR) is 142 cm³/mol. The topological polar surface area (TPSA) is 104 Å². The highest BCUT2D eigenvalue weighted by Crippen LogP contribution is 2.16. The molecule has 186 valence electrons. The van der Waals surface area contributed by atoms with Gasteiger partial charge in [-0.2, -0.15) is 0 Å². The molecular formula is C30H32F2N4. The van der Waals surface area contributed by atoms with Gasteiger partial charge in [0, 0.05) is 17.2 Å². The molecule has 0 radical (unpaired) electrons. The zero-order chi connectivity index (χ0) is 25.9. The molecule has 0 bridgehead atoms. The highest BCUT2D eigenvalue weighted by Gasteiger charge is 2.08. The summed E-state index contributed by atoms with van der Waals surface area (Å²) in [5.74, 6) is 10.2. The molecule has 0 aromatic heterocycles. The van der Waals surface area contributed by atoms with Crippen molar-refractivity contribution in [2.24, 2.45) is 22.9 Å². The Morgan fingerprint density at radius 2 is 0.778 bits per heavy atom. The van der Waals surface area contributed by atoms with Gasteiger partial charge >= 0.3 is 0 Å². The Bertz CT molecular complexity index is 1180. The van der Waals surface area contributed by atoms with E-state index >= 15 is 0 Å². The summed E-state index contributed by atoms with van der Waals surface area (Å²) in [7, 11) is 0. The average Bonchev–Trinajstić information content (AvgIpc) is 2.83. The maximum atomic E-state index is 14.5. The molecule has 0 atom stereocenters. The van der Waals surface area contributed by atoms with Crippen LogP contribution in [-0.4, -0.2) is 26.2 Å². The van der Waals surface area contributed by atoms with Crippen molar-refractivity contribution in [3.63, 3.8) is 0 Å². The SMILES string of the molecule is NCCc1cc(C#Cc2cc(C#Cc3cc(CCN)cc(CCN)c3)c(F)cc2F)cc(CCN)c1. The van der Waals surface area contributed by atoms with Crippen LogP contribution in [0.3, 0.4) is 0 Å². The second kappa shape index (κ2) is 13.5. The monoisotopic (exact) mass is 486 g/mol. The molecule has 0 aliphatic heterocycles. The minimum Gasteiger partial charge on any atom is -0.330 e. The molecule has 0 fully saturated rings. The van der Waals surface area contributed by atoms with Crippen LogP contribution in [0.15, 0.2) is 48.5 Å². The van der Waals surface area contributed by atoms with Crippen molar-refractivity contribution >= 4 is 0 Å². The molecule has 36 heavy (non-hydrogen) atoms. The van der Waals surface area contributed by atoms with Crippen LogP contribution >= 0.6 is 0 Å². The third kappa shape index (κ3) is 7.75. The number of nitrogens with two attached hydrogens (primary N) is 4. The van der Waals surface area contributed by atoms with E-state index in [9.17, 15) is 8.78 Å². The van der Waals surface area contributed by atoms with Crippen molar-refractivity contribution in [1.82, 2.24) is 0 Å². The number of benzene rings is 3. The Morgan fingerprint density at radius 3 is 1.08 bits per heavy atom. The van der Waals surface area contributed by atoms with Gasteiger partial charge in [0.25, 0.3) is 0 Å². The van der Waals surface area contributed by atoms with Crippen LogP contribution in [-0.2, 0) is 25.7 Å². The molecule has 0 aliphatic rings. The number of halogens is 2. The van der Waals surface area contributed by atoms with Crippen molar-refractivity contribution < 1.29 is 8.78 Å². The lowest BCUT2D eigenvalue weighted by Gasteiger charge is -2.06. The molecule has 0 saturated carbocycles. The molecular weight excluding hydrogens is 454 g/mol. The molecule has 3 aromatic rings. The van der Waals surface area contributed by atoms with E-state index in [2.05, 4.69) is 35.8 Å². The molecule has 0 saturated heterocycles. The van der Waals surface area contributed by atoms with Gasteiger partial charge < -0.3 is 22.9 Å². The third-order valence-corrected chi connectivity index (χ3v) is 5.58. The minimum atomic E-state index is -0.735. The first-order chi connectivity index (χ1) is 17.4. The van der Waals surface area contributed by atoms with Crippen LogP contribution in [0.5, 0.6) is 0 Å². The molecule has 0 unspecified atom stereocenters. The largest absolute Gasteiger partial charge is 0.330 e. The summed E-state index contributed by atoms with van der Waals surface area (Å²) in [6.07, 6.45) is 2.82. The molecule has 3 aromatic carbocycles. The van der Waals surface area contributed by atoms with Gasteiger partial charge in [-0.1, -0.05) is 35.8 Å². The minimum absolute atomic E-state index is 0.0750. The van der Waals surface area contributed by atoms with Crippen LogP contribution < -0.4 is 22.9 Å². The van der Waals surface area contributed by atoms with Gasteiger partial charge in [0.2, 0.25) is 0 Å². The Morgan fingerprint density at radius 1 is 0.444 bits per heavy atom. The normalized spacial score (nSPS) is 10.4. The van der Waals surface area contributed by atoms with Crippen molar-refractivity contribution in [2.75, 3.05) is 26.2 Å². The van der Waals surface area contributed by atoms with Gasteiger partial charge in [-0.3, -0.25) is 0 Å². The summed E-state index contributed by atoms with van der Waals surface area (Å²) in [4.78, 5) is 0. The quantitative estimate of drug-likeness (QED) is 0.368. The summed E-state index contributed by atoms with van der Waals surface area (Å²) in [5, 5.41) is 0. The molecule has 0 amide bonds. The van der Waals surface area contributed by atoms with Gasteiger partial charge in [-0.15, -0.1) is 0 Å². The van der Waals surface area contributed by atoms with Gasteiger partial charge in [0.05, 0.1) is 11.1 Å². The summed E-state index contributed by atoms with van der Waals surface area (Å²) in [6, 6.07) is 14.0. The zero-order valence-corrected chi connectivity index (χ0v) is 20.3. The van der Waals surface area contributed by atoms with Gasteiger partial charge in [0.1, 0.15) is 11.6 Å². The maximum Gasteiger partial charge on any atom is 0.141 e. The first-order valence-corrected chi connectivity index (χ1v) is 12.0. The maximum absolute atomic E-state index is 14.5. The van der Waals surface area contributed by atoms with E-state index < -0.39 is 11.6 Å². The predicted octanol–water partition coefficient (Wildman–Crippen LogP) is 2.77. The second-order valence-corrected chi connectivity index (χ2v) is 8.54. The first kappa shape index (κ1) is 27.1. The van der Waals surface area contributed by atoms with Crippen molar-refractivity contribution in [3.8, 4) is 23.7 Å². The standard InChI is InChI=1S/C30H32F2N4/c31-29-20-30(32)28(4-2-22-15-25(7-11-35)18-26(16-22)8-12-36)19-27(29)3-1-21-13-23(5-9-33)17-24(14-21)6-10-34/h13-20H,5-12,33-36H2. The lowest BCUT2D eigenvalue weighted by atomic mass is 10.0. The van der Waals surface area contributed by atoms with E-state index in [1.165, 1.54) is 6.07 Å². The van der Waals surface area contributed by atoms with Gasteiger partial charge in [-0.05, 0) is 104 Å². The van der Waals surface area contributed by atoms with Crippen LogP contribution in [0.2, 0.25) is 0 Å². The fraction of sp³-hybridized carbons (Fsp3) is 0.267. The highest BCUT2D eigenvalue weighted by molar-refractivity contribution is 5.52. The van der Waals surface area contributed by atoms with Crippen LogP contribution in [0.25, 0.3) is 0 Å². The Labute approximate surface area is 212 Å². The Hall–Kier alpha value is -3.52. The lowest BCUT2D eigenvalue weighted by Crippen LogP contribution is -2.06. The Balaban J connectivity index is 1.96. The fourth-order valence-corrected chi connectivity index (χ4v) is 3.93. The molecule has 6 heteroatoms. The molecule has 0 aliphatic carbocycles. The Kier molecular flexibility index (Phi) is 10.2. The van der Waals surface area contributed by atoms with E-state index in [4.69, 9.17) is 22.9 Å². The van der Waals surface area contributed by atoms with Crippen molar-refractivity contribution in [1.29, 1.82) is 0 Å². The number of rotatable bonds is 8. The van der Waals surface area contributed by atoms with Crippen LogP contribution in [0.4, 0.5) is 8.78 Å². The molecule has 0 heterocycles. The van der Waals surface area contributed by atoms with E-state index in [1.807, 2.05) is 24.3 Å². The van der Waals surface area contributed by atoms with E-state index in [1.54, 1.807) is 0 Å². The summed E-state index contributed by atoms with van der Waals surface area (Å²) in [6.45, 7) is 2.04. The van der Waals surface area contributed by atoms with Gasteiger partial charge in [-0.25, -0.2) is 8.78 Å².